The number of hydrogen-bond acceptors (Lipinski definition) is 7. The fourth-order valence-corrected chi connectivity index (χ4v) is 4.47. The van der Waals surface area contributed by atoms with Crippen molar-refractivity contribution >= 4 is 23.3 Å². The van der Waals surface area contributed by atoms with Crippen LogP contribution in [0.3, 0.4) is 0 Å². The van der Waals surface area contributed by atoms with Gasteiger partial charge in [-0.05, 0) is 48.4 Å². The van der Waals surface area contributed by atoms with E-state index >= 15 is 0 Å². The molecule has 0 aliphatic carbocycles. The Morgan fingerprint density at radius 1 is 1.11 bits per heavy atom. The van der Waals surface area contributed by atoms with Crippen molar-refractivity contribution in [2.24, 2.45) is 0 Å². The Kier molecular flexibility index (Phi) is 7.09. The number of anilines is 2. The molecular weight excluding hydrogens is 480 g/mol. The van der Waals surface area contributed by atoms with Gasteiger partial charge in [-0.1, -0.05) is 23.7 Å². The molecule has 0 unspecified atom stereocenters. The maximum atomic E-state index is 12.7. The molecule has 0 saturated carbocycles. The van der Waals surface area contributed by atoms with Gasteiger partial charge in [-0.3, -0.25) is 14.3 Å². The highest BCUT2D eigenvalue weighted by molar-refractivity contribution is 6.29. The number of aryl methyl sites for hydroxylation is 1. The van der Waals surface area contributed by atoms with Gasteiger partial charge in [0, 0.05) is 43.0 Å². The Hall–Kier alpha value is -3.59. The van der Waals surface area contributed by atoms with Crippen LogP contribution >= 0.6 is 11.6 Å². The van der Waals surface area contributed by atoms with Crippen LogP contribution in [0.5, 0.6) is 5.75 Å². The predicted molar refractivity (Wildman–Crippen MR) is 140 cm³/mol. The molecule has 186 valence electrons. The topological polar surface area (TPSA) is 81.8 Å². The summed E-state index contributed by atoms with van der Waals surface area (Å²) in [7, 11) is 1.63. The van der Waals surface area contributed by atoms with E-state index < -0.39 is 0 Å². The van der Waals surface area contributed by atoms with E-state index in [9.17, 15) is 4.79 Å². The Labute approximate surface area is 214 Å². The molecule has 5 rings (SSSR count). The van der Waals surface area contributed by atoms with E-state index in [1.807, 2.05) is 37.3 Å². The number of rotatable bonds is 7. The Bertz CT molecular complexity index is 1430. The molecule has 0 atom stereocenters. The summed E-state index contributed by atoms with van der Waals surface area (Å²) in [5.41, 5.74) is 4.16. The molecule has 0 spiro atoms. The molecule has 2 aromatic heterocycles. The molecule has 8 nitrogen and oxygen atoms in total. The standard InChI is InChI=1S/C27H27ClN4O4/c1-18-6-7-22(34-2)15-23(18)30-27-29-16-24(36-27)20-12-19(17-31-8-10-35-11-9-31)13-21(14-20)32-25(28)4-3-5-26(32)33/h3-7,12-16H,8-11,17H2,1-2H3,(H,29,30). The van der Waals surface area contributed by atoms with E-state index in [0.717, 1.165) is 41.2 Å². The molecule has 1 aliphatic heterocycles. The van der Waals surface area contributed by atoms with Gasteiger partial charge in [-0.25, -0.2) is 4.98 Å². The second-order valence-corrected chi connectivity index (χ2v) is 9.02. The predicted octanol–water partition coefficient (Wildman–Crippen LogP) is 5.04. The van der Waals surface area contributed by atoms with E-state index in [4.69, 9.17) is 25.5 Å². The van der Waals surface area contributed by atoms with Gasteiger partial charge in [0.1, 0.15) is 10.9 Å². The van der Waals surface area contributed by atoms with Gasteiger partial charge in [0.15, 0.2) is 5.76 Å². The number of oxazole rings is 1. The van der Waals surface area contributed by atoms with E-state index in [1.165, 1.54) is 10.6 Å². The molecule has 1 N–H and O–H groups in total. The molecular formula is C27H27ClN4O4. The number of aromatic nitrogens is 2. The lowest BCUT2D eigenvalue weighted by Crippen LogP contribution is -2.35. The zero-order valence-corrected chi connectivity index (χ0v) is 20.9. The third kappa shape index (κ3) is 5.31. The number of pyridine rings is 1. The van der Waals surface area contributed by atoms with Gasteiger partial charge in [0.05, 0.1) is 32.2 Å². The van der Waals surface area contributed by atoms with E-state index in [2.05, 4.69) is 21.3 Å². The van der Waals surface area contributed by atoms with Crippen molar-refractivity contribution < 1.29 is 13.9 Å². The number of ether oxygens (including phenoxy) is 2. The largest absolute Gasteiger partial charge is 0.497 e. The van der Waals surface area contributed by atoms with Crippen LogP contribution in [0, 0.1) is 6.92 Å². The van der Waals surface area contributed by atoms with Crippen LogP contribution in [-0.4, -0.2) is 47.9 Å². The molecule has 0 radical (unpaired) electrons. The first-order chi connectivity index (χ1) is 17.5. The van der Waals surface area contributed by atoms with Crippen LogP contribution in [-0.2, 0) is 11.3 Å². The Morgan fingerprint density at radius 2 is 1.94 bits per heavy atom. The minimum Gasteiger partial charge on any atom is -0.497 e. The first-order valence-corrected chi connectivity index (χ1v) is 12.1. The van der Waals surface area contributed by atoms with Crippen LogP contribution in [0.25, 0.3) is 17.0 Å². The highest BCUT2D eigenvalue weighted by Crippen LogP contribution is 2.30. The van der Waals surface area contributed by atoms with Crippen molar-refractivity contribution in [3.05, 3.63) is 87.4 Å². The molecule has 0 bridgehead atoms. The average molecular weight is 507 g/mol. The number of morpholine rings is 1. The molecule has 9 heteroatoms. The lowest BCUT2D eigenvalue weighted by atomic mass is 10.1. The summed E-state index contributed by atoms with van der Waals surface area (Å²) in [5.74, 6) is 1.31. The quantitative estimate of drug-likeness (QED) is 0.352. The number of halogens is 1. The second-order valence-electron chi connectivity index (χ2n) is 8.63. The number of nitrogens with zero attached hydrogens (tertiary/aromatic N) is 3. The Morgan fingerprint density at radius 3 is 2.72 bits per heavy atom. The number of methoxy groups -OCH3 is 1. The van der Waals surface area contributed by atoms with Gasteiger partial charge < -0.3 is 19.2 Å². The lowest BCUT2D eigenvalue weighted by molar-refractivity contribution is 0.0342. The van der Waals surface area contributed by atoms with Crippen molar-refractivity contribution in [2.75, 3.05) is 38.7 Å². The molecule has 4 aromatic rings. The normalized spacial score (nSPS) is 14.1. The molecule has 2 aromatic carbocycles. The molecule has 0 amide bonds. The Balaban J connectivity index is 1.51. The summed E-state index contributed by atoms with van der Waals surface area (Å²) in [5, 5.41) is 3.56. The van der Waals surface area contributed by atoms with Gasteiger partial charge in [0.2, 0.25) is 0 Å². The van der Waals surface area contributed by atoms with E-state index in [-0.39, 0.29) is 5.56 Å². The van der Waals surface area contributed by atoms with Crippen LogP contribution in [0.2, 0.25) is 5.15 Å². The molecule has 1 saturated heterocycles. The fourth-order valence-electron chi connectivity index (χ4n) is 4.21. The van der Waals surface area contributed by atoms with Crippen LogP contribution in [0.4, 0.5) is 11.7 Å². The number of hydrogen-bond donors (Lipinski definition) is 1. The lowest BCUT2D eigenvalue weighted by Gasteiger charge is -2.27. The highest BCUT2D eigenvalue weighted by atomic mass is 35.5. The minimum atomic E-state index is -0.203. The number of nitrogens with one attached hydrogen (secondary N) is 1. The van der Waals surface area contributed by atoms with Crippen LogP contribution in [0.15, 0.2) is 70.0 Å². The maximum absolute atomic E-state index is 12.7. The minimum absolute atomic E-state index is 0.203. The van der Waals surface area contributed by atoms with Crippen LogP contribution in [0.1, 0.15) is 11.1 Å². The van der Waals surface area contributed by atoms with Gasteiger partial charge in [-0.2, -0.15) is 0 Å². The summed E-state index contributed by atoms with van der Waals surface area (Å²) in [6, 6.07) is 16.9. The van der Waals surface area contributed by atoms with Crippen LogP contribution < -0.4 is 15.6 Å². The zero-order chi connectivity index (χ0) is 25.1. The SMILES string of the molecule is COc1ccc(C)c(Nc2ncc(-c3cc(CN4CCOCC4)cc(-n4c(Cl)cccc4=O)c3)o2)c1. The third-order valence-electron chi connectivity index (χ3n) is 6.13. The van der Waals surface area contributed by atoms with Crippen molar-refractivity contribution in [3.8, 4) is 22.8 Å². The molecule has 3 heterocycles. The summed E-state index contributed by atoms with van der Waals surface area (Å²) in [4.78, 5) is 19.4. The smallest absolute Gasteiger partial charge is 0.299 e. The van der Waals surface area contributed by atoms with Crippen molar-refractivity contribution in [1.82, 2.24) is 14.5 Å². The summed E-state index contributed by atoms with van der Waals surface area (Å²) < 4.78 is 18.4. The second kappa shape index (κ2) is 10.6. The fraction of sp³-hybridized carbons (Fsp3) is 0.259. The van der Waals surface area contributed by atoms with Crippen molar-refractivity contribution in [1.29, 1.82) is 0 Å². The average Bonchev–Trinajstić information content (AvgIpc) is 3.34. The van der Waals surface area contributed by atoms with E-state index in [0.29, 0.717) is 42.4 Å². The molecule has 36 heavy (non-hydrogen) atoms. The van der Waals surface area contributed by atoms with E-state index in [1.54, 1.807) is 25.4 Å². The first-order valence-electron chi connectivity index (χ1n) is 11.7. The van der Waals surface area contributed by atoms with Crippen molar-refractivity contribution in [3.63, 3.8) is 0 Å². The summed E-state index contributed by atoms with van der Waals surface area (Å²) >= 11 is 6.42. The highest BCUT2D eigenvalue weighted by Gasteiger charge is 2.16. The summed E-state index contributed by atoms with van der Waals surface area (Å²) in [6.07, 6.45) is 1.67. The monoisotopic (exact) mass is 506 g/mol. The van der Waals surface area contributed by atoms with Crippen molar-refractivity contribution in [2.45, 2.75) is 13.5 Å². The molecule has 1 aliphatic rings. The van der Waals surface area contributed by atoms with Gasteiger partial charge in [0.25, 0.3) is 11.6 Å². The number of benzene rings is 2. The van der Waals surface area contributed by atoms with Gasteiger partial charge >= 0.3 is 0 Å². The third-order valence-corrected chi connectivity index (χ3v) is 6.42. The maximum Gasteiger partial charge on any atom is 0.299 e. The van der Waals surface area contributed by atoms with Gasteiger partial charge in [-0.15, -0.1) is 0 Å². The first kappa shape index (κ1) is 24.1. The molecule has 1 fully saturated rings. The zero-order valence-electron chi connectivity index (χ0n) is 20.2. The summed E-state index contributed by atoms with van der Waals surface area (Å²) in [6.45, 7) is 5.82.